The Balaban J connectivity index is 1.61. The molecule has 6 nitrogen and oxygen atoms in total. The zero-order chi connectivity index (χ0) is 19.8. The smallest absolute Gasteiger partial charge is 0.237 e. The van der Waals surface area contributed by atoms with Crippen LogP contribution in [0.2, 0.25) is 0 Å². The summed E-state index contributed by atoms with van der Waals surface area (Å²) in [5.41, 5.74) is 2.13. The lowest BCUT2D eigenvalue weighted by Gasteiger charge is -2.34. The van der Waals surface area contributed by atoms with Gasteiger partial charge < -0.3 is 14.8 Å². The molecule has 2 heterocycles. The Hall–Kier alpha value is -2.60. The number of likely N-dealkylation sites (tertiary alicyclic amines) is 1. The maximum absolute atomic E-state index is 12.9. The van der Waals surface area contributed by atoms with Crippen LogP contribution in [0.25, 0.3) is 0 Å². The van der Waals surface area contributed by atoms with Crippen LogP contribution in [-0.4, -0.2) is 42.1 Å². The minimum atomic E-state index is -0.0986. The van der Waals surface area contributed by atoms with Crippen molar-refractivity contribution in [3.05, 3.63) is 53.9 Å². The van der Waals surface area contributed by atoms with Crippen LogP contribution in [0, 0.1) is 0 Å². The second-order valence-electron chi connectivity index (χ2n) is 6.98. The number of nitrogens with one attached hydrogen (secondary N) is 1. The van der Waals surface area contributed by atoms with Gasteiger partial charge in [-0.2, -0.15) is 0 Å². The van der Waals surface area contributed by atoms with Crippen LogP contribution in [0.3, 0.4) is 0 Å². The number of nitrogens with zero attached hydrogens (tertiary/aromatic N) is 2. The van der Waals surface area contributed by atoms with Gasteiger partial charge in [-0.15, -0.1) is 0 Å². The highest BCUT2D eigenvalue weighted by atomic mass is 16.5. The van der Waals surface area contributed by atoms with Gasteiger partial charge in [-0.05, 0) is 55.6 Å². The molecule has 0 radical (unpaired) electrons. The lowest BCUT2D eigenvalue weighted by molar-refractivity contribution is -0.128. The zero-order valence-corrected chi connectivity index (χ0v) is 16.7. The maximum Gasteiger partial charge on any atom is 0.237 e. The van der Waals surface area contributed by atoms with E-state index in [4.69, 9.17) is 9.47 Å². The van der Waals surface area contributed by atoms with E-state index < -0.39 is 0 Å². The fourth-order valence-electron chi connectivity index (χ4n) is 3.61. The minimum absolute atomic E-state index is 0.0800. The molecule has 0 bridgehead atoms. The number of benzene rings is 1. The van der Waals surface area contributed by atoms with Crippen molar-refractivity contribution in [1.82, 2.24) is 15.2 Å². The van der Waals surface area contributed by atoms with Crippen molar-refractivity contribution >= 4 is 5.91 Å². The Morgan fingerprint density at radius 3 is 2.89 bits per heavy atom. The molecule has 1 aromatic heterocycles. The van der Waals surface area contributed by atoms with Crippen LogP contribution in [0.15, 0.2) is 42.7 Å². The molecule has 0 aliphatic carbocycles. The molecule has 2 aromatic rings. The number of hydrogen-bond acceptors (Lipinski definition) is 5. The Morgan fingerprint density at radius 1 is 1.25 bits per heavy atom. The standard InChI is InChI=1S/C22H29N3O3/c1-3-28-20-10-9-17(13-21(20)27-2)15-24-22(26)19-8-4-5-12-25(19)16-18-7-6-11-23-14-18/h6-7,9-11,13-14,19H,3-5,8,12,15-16H2,1-2H3,(H,24,26). The van der Waals surface area contributed by atoms with Gasteiger partial charge in [-0.25, -0.2) is 0 Å². The molecule has 1 fully saturated rings. The topological polar surface area (TPSA) is 63.7 Å². The van der Waals surface area contributed by atoms with E-state index in [0.717, 1.165) is 49.2 Å². The molecule has 1 unspecified atom stereocenters. The summed E-state index contributed by atoms with van der Waals surface area (Å²) in [5, 5.41) is 3.09. The molecule has 1 N–H and O–H groups in total. The van der Waals surface area contributed by atoms with Gasteiger partial charge in [0.05, 0.1) is 19.8 Å². The molecule has 1 atom stereocenters. The van der Waals surface area contributed by atoms with E-state index in [1.54, 1.807) is 13.3 Å². The molecule has 3 rings (SSSR count). The SMILES string of the molecule is CCOc1ccc(CNC(=O)C2CCCCN2Cc2cccnc2)cc1OC. The average molecular weight is 383 g/mol. The number of amides is 1. The summed E-state index contributed by atoms with van der Waals surface area (Å²) in [6.45, 7) is 4.68. The van der Waals surface area contributed by atoms with Crippen LogP contribution in [0.1, 0.15) is 37.3 Å². The van der Waals surface area contributed by atoms with Crippen LogP contribution in [-0.2, 0) is 17.9 Å². The van der Waals surface area contributed by atoms with Crippen molar-refractivity contribution in [2.75, 3.05) is 20.3 Å². The lowest BCUT2D eigenvalue weighted by Crippen LogP contribution is -2.48. The van der Waals surface area contributed by atoms with E-state index in [1.165, 1.54) is 0 Å². The number of carbonyl (C=O) groups is 1. The zero-order valence-electron chi connectivity index (χ0n) is 16.7. The van der Waals surface area contributed by atoms with Crippen molar-refractivity contribution in [2.45, 2.75) is 45.3 Å². The van der Waals surface area contributed by atoms with E-state index in [-0.39, 0.29) is 11.9 Å². The monoisotopic (exact) mass is 383 g/mol. The first-order chi connectivity index (χ1) is 13.7. The van der Waals surface area contributed by atoms with Crippen molar-refractivity contribution in [3.8, 4) is 11.5 Å². The number of hydrogen-bond donors (Lipinski definition) is 1. The van der Waals surface area contributed by atoms with E-state index in [0.29, 0.717) is 18.9 Å². The third-order valence-corrected chi connectivity index (χ3v) is 5.02. The number of ether oxygens (including phenoxy) is 2. The summed E-state index contributed by atoms with van der Waals surface area (Å²) in [7, 11) is 1.62. The fourth-order valence-corrected chi connectivity index (χ4v) is 3.61. The molecule has 6 heteroatoms. The quantitative estimate of drug-likeness (QED) is 0.759. The number of carbonyl (C=O) groups excluding carboxylic acids is 1. The van der Waals surface area contributed by atoms with Crippen LogP contribution in [0.4, 0.5) is 0 Å². The van der Waals surface area contributed by atoms with Gasteiger partial charge >= 0.3 is 0 Å². The number of aromatic nitrogens is 1. The number of rotatable bonds is 8. The van der Waals surface area contributed by atoms with Crippen LogP contribution in [0.5, 0.6) is 11.5 Å². The Labute approximate surface area is 166 Å². The minimum Gasteiger partial charge on any atom is -0.493 e. The van der Waals surface area contributed by atoms with E-state index >= 15 is 0 Å². The second-order valence-corrected chi connectivity index (χ2v) is 6.98. The first-order valence-electron chi connectivity index (χ1n) is 9.91. The highest BCUT2D eigenvalue weighted by Gasteiger charge is 2.28. The molecule has 150 valence electrons. The number of piperidine rings is 1. The Bertz CT molecular complexity index is 767. The molecule has 1 amide bonds. The van der Waals surface area contributed by atoms with Gasteiger partial charge in [0.15, 0.2) is 11.5 Å². The summed E-state index contributed by atoms with van der Waals surface area (Å²) in [4.78, 5) is 19.3. The van der Waals surface area contributed by atoms with Crippen LogP contribution >= 0.6 is 0 Å². The third-order valence-electron chi connectivity index (χ3n) is 5.02. The maximum atomic E-state index is 12.9. The van der Waals surface area contributed by atoms with Gasteiger partial charge in [0.2, 0.25) is 5.91 Å². The summed E-state index contributed by atoms with van der Waals surface area (Å²) >= 11 is 0. The van der Waals surface area contributed by atoms with Gasteiger partial charge in [-0.1, -0.05) is 18.6 Å². The predicted octanol–water partition coefficient (Wildman–Crippen LogP) is 3.16. The fraction of sp³-hybridized carbons (Fsp3) is 0.455. The average Bonchev–Trinajstić information content (AvgIpc) is 2.74. The predicted molar refractivity (Wildman–Crippen MR) is 108 cm³/mol. The molecule has 1 aliphatic rings. The largest absolute Gasteiger partial charge is 0.493 e. The second kappa shape index (κ2) is 10.1. The van der Waals surface area contributed by atoms with Crippen molar-refractivity contribution in [3.63, 3.8) is 0 Å². The van der Waals surface area contributed by atoms with Gasteiger partial charge in [-0.3, -0.25) is 14.7 Å². The molecular weight excluding hydrogens is 354 g/mol. The van der Waals surface area contributed by atoms with Crippen molar-refractivity contribution < 1.29 is 14.3 Å². The van der Waals surface area contributed by atoms with Gasteiger partial charge in [0.25, 0.3) is 0 Å². The molecule has 1 aromatic carbocycles. The molecular formula is C22H29N3O3. The normalized spacial score (nSPS) is 17.1. The molecule has 0 spiro atoms. The summed E-state index contributed by atoms with van der Waals surface area (Å²) in [6.07, 6.45) is 6.74. The summed E-state index contributed by atoms with van der Waals surface area (Å²) in [6, 6.07) is 9.66. The molecule has 1 aliphatic heterocycles. The van der Waals surface area contributed by atoms with Gasteiger partial charge in [0.1, 0.15) is 0 Å². The Morgan fingerprint density at radius 2 is 2.14 bits per heavy atom. The van der Waals surface area contributed by atoms with Crippen molar-refractivity contribution in [1.29, 1.82) is 0 Å². The molecule has 28 heavy (non-hydrogen) atoms. The van der Waals surface area contributed by atoms with Crippen molar-refractivity contribution in [2.24, 2.45) is 0 Å². The van der Waals surface area contributed by atoms with E-state index in [1.807, 2.05) is 37.4 Å². The summed E-state index contributed by atoms with van der Waals surface area (Å²) in [5.74, 6) is 1.48. The molecule has 0 saturated carbocycles. The number of pyridine rings is 1. The Kier molecular flexibility index (Phi) is 7.25. The van der Waals surface area contributed by atoms with Gasteiger partial charge in [0, 0.05) is 25.5 Å². The molecule has 1 saturated heterocycles. The van der Waals surface area contributed by atoms with E-state index in [2.05, 4.69) is 21.3 Å². The first kappa shape index (κ1) is 20.1. The number of methoxy groups -OCH3 is 1. The van der Waals surface area contributed by atoms with Crippen LogP contribution < -0.4 is 14.8 Å². The first-order valence-corrected chi connectivity index (χ1v) is 9.91. The highest BCUT2D eigenvalue weighted by Crippen LogP contribution is 2.28. The highest BCUT2D eigenvalue weighted by molar-refractivity contribution is 5.81. The third kappa shape index (κ3) is 5.23. The lowest BCUT2D eigenvalue weighted by atomic mass is 10.0. The summed E-state index contributed by atoms with van der Waals surface area (Å²) < 4.78 is 10.9. The van der Waals surface area contributed by atoms with E-state index in [9.17, 15) is 4.79 Å².